The van der Waals surface area contributed by atoms with Crippen molar-refractivity contribution in [2.24, 2.45) is 0 Å². The molecule has 0 aliphatic carbocycles. The van der Waals surface area contributed by atoms with Crippen molar-refractivity contribution in [3.63, 3.8) is 0 Å². The first-order valence-electron chi connectivity index (χ1n) is 8.05. The van der Waals surface area contributed by atoms with Gasteiger partial charge in [-0.15, -0.1) is 0 Å². The Labute approximate surface area is 141 Å². The van der Waals surface area contributed by atoms with Crippen LogP contribution in [0, 0.1) is 34.6 Å². The smallest absolute Gasteiger partial charge is 0.250 e. The molecule has 0 saturated heterocycles. The number of hydrogen-bond acceptors (Lipinski definition) is 3. The van der Waals surface area contributed by atoms with Gasteiger partial charge in [0.15, 0.2) is 0 Å². The maximum Gasteiger partial charge on any atom is 0.250 e. The first-order chi connectivity index (χ1) is 11.3. The Morgan fingerprint density at radius 2 is 1.29 bits per heavy atom. The lowest BCUT2D eigenvalue weighted by molar-refractivity contribution is 1.28. The van der Waals surface area contributed by atoms with Gasteiger partial charge in [-0.1, -0.05) is 18.2 Å². The van der Waals surface area contributed by atoms with Crippen LogP contribution in [0.5, 0.6) is 0 Å². The van der Waals surface area contributed by atoms with Crippen LogP contribution in [0.2, 0.25) is 0 Å². The van der Waals surface area contributed by atoms with Gasteiger partial charge < -0.3 is 5.32 Å². The van der Waals surface area contributed by atoms with E-state index in [-0.39, 0.29) is 0 Å². The Morgan fingerprint density at radius 3 is 1.96 bits per heavy atom. The molecular weight excluding hydrogens is 298 g/mol. The summed E-state index contributed by atoms with van der Waals surface area (Å²) in [7, 11) is 0. The Balaban J connectivity index is 2.08. The zero-order valence-electron chi connectivity index (χ0n) is 14.7. The van der Waals surface area contributed by atoms with Crippen molar-refractivity contribution in [1.29, 1.82) is 0 Å². The lowest BCUT2D eigenvalue weighted by atomic mass is 9.91. The summed E-state index contributed by atoms with van der Waals surface area (Å²) in [6.07, 6.45) is 0. The number of benzene rings is 2. The van der Waals surface area contributed by atoms with E-state index in [0.717, 1.165) is 27.9 Å². The van der Waals surface area contributed by atoms with Crippen molar-refractivity contribution in [2.75, 3.05) is 5.32 Å². The molecule has 0 bridgehead atoms. The minimum Gasteiger partial charge on any atom is -0.352 e. The van der Waals surface area contributed by atoms with E-state index in [1.807, 2.05) is 58.9 Å². The van der Waals surface area contributed by atoms with E-state index in [4.69, 9.17) is 0 Å². The summed E-state index contributed by atoms with van der Waals surface area (Å²) in [5, 5.41) is 3.15. The average Bonchev–Trinajstić information content (AvgIpc) is 2.54. The summed E-state index contributed by atoms with van der Waals surface area (Å²) in [5.74, 6) is 0. The van der Waals surface area contributed by atoms with Gasteiger partial charge in [-0.2, -0.15) is 0 Å². The summed E-state index contributed by atoms with van der Waals surface area (Å²) in [6.45, 7) is 10.1. The van der Waals surface area contributed by atoms with Crippen LogP contribution in [0.3, 0.4) is 0 Å². The van der Waals surface area contributed by atoms with Crippen LogP contribution in [0.15, 0.2) is 39.9 Å². The predicted octanol–water partition coefficient (Wildman–Crippen LogP) is 4.24. The van der Waals surface area contributed by atoms with E-state index in [9.17, 15) is 9.59 Å². The molecule has 0 spiro atoms. The molecule has 0 unspecified atom stereocenters. The maximum atomic E-state index is 12.2. The molecule has 0 fully saturated rings. The van der Waals surface area contributed by atoms with Crippen LogP contribution in [-0.4, -0.2) is 0 Å². The summed E-state index contributed by atoms with van der Waals surface area (Å²) in [6, 6.07) is 9.97. The molecular formula is C21H21NO2. The third kappa shape index (κ3) is 2.56. The molecule has 0 aliphatic heterocycles. The van der Waals surface area contributed by atoms with Crippen molar-refractivity contribution in [3.8, 4) is 11.1 Å². The molecule has 122 valence electrons. The van der Waals surface area contributed by atoms with Gasteiger partial charge in [0.05, 0.1) is 5.56 Å². The van der Waals surface area contributed by atoms with E-state index in [0.29, 0.717) is 11.3 Å². The normalized spacial score (nSPS) is 11.0. The van der Waals surface area contributed by atoms with E-state index >= 15 is 0 Å². The number of aryl methyl sites for hydroxylation is 5. The van der Waals surface area contributed by atoms with Crippen LogP contribution in [-0.2, 0) is 0 Å². The maximum absolute atomic E-state index is 12.2. The predicted molar refractivity (Wildman–Crippen MR) is 100 cm³/mol. The SMILES string of the molecule is Cc1ccc(Nc2c(-c3cc(C)c(C)cc3C)c(=O)c2=O)cc1C. The molecule has 0 radical (unpaired) electrons. The molecule has 3 aromatic rings. The van der Waals surface area contributed by atoms with Gasteiger partial charge in [0, 0.05) is 5.69 Å². The average molecular weight is 319 g/mol. The highest BCUT2D eigenvalue weighted by molar-refractivity contribution is 5.86. The molecule has 3 aromatic carbocycles. The lowest BCUT2D eigenvalue weighted by Gasteiger charge is -2.17. The molecule has 0 aliphatic rings. The fourth-order valence-electron chi connectivity index (χ4n) is 2.96. The first-order valence-corrected chi connectivity index (χ1v) is 8.05. The largest absolute Gasteiger partial charge is 0.352 e. The number of anilines is 2. The topological polar surface area (TPSA) is 46.2 Å². The zero-order valence-corrected chi connectivity index (χ0v) is 14.7. The monoisotopic (exact) mass is 319 g/mol. The summed E-state index contributed by atoms with van der Waals surface area (Å²) < 4.78 is 0. The Bertz CT molecular complexity index is 1020. The van der Waals surface area contributed by atoms with E-state index in [2.05, 4.69) is 11.4 Å². The van der Waals surface area contributed by atoms with Crippen LogP contribution >= 0.6 is 0 Å². The molecule has 0 amide bonds. The number of hydrogen-bond donors (Lipinski definition) is 1. The second-order valence-corrected chi connectivity index (χ2v) is 6.58. The minimum absolute atomic E-state index is 0.398. The van der Waals surface area contributed by atoms with Crippen LogP contribution in [0.1, 0.15) is 27.8 Å². The molecule has 0 atom stereocenters. The molecule has 3 heteroatoms. The van der Waals surface area contributed by atoms with Gasteiger partial charge in [0.2, 0.25) is 5.43 Å². The second kappa shape index (κ2) is 5.75. The molecule has 0 aromatic heterocycles. The standard InChI is InChI=1S/C21H21NO2/c1-11-6-7-16(9-13(11)3)22-19-18(20(23)21(19)24)17-10-14(4)12(2)8-15(17)5/h6-10,22H,1-5H3. The lowest BCUT2D eigenvalue weighted by Crippen LogP contribution is -2.35. The van der Waals surface area contributed by atoms with Gasteiger partial charge in [-0.3, -0.25) is 9.59 Å². The van der Waals surface area contributed by atoms with Gasteiger partial charge in [0.25, 0.3) is 5.43 Å². The van der Waals surface area contributed by atoms with Gasteiger partial charge in [-0.25, -0.2) is 0 Å². The van der Waals surface area contributed by atoms with Crippen LogP contribution < -0.4 is 16.2 Å². The Hall–Kier alpha value is -2.68. The van der Waals surface area contributed by atoms with E-state index in [1.54, 1.807) is 0 Å². The van der Waals surface area contributed by atoms with Gasteiger partial charge >= 0.3 is 0 Å². The van der Waals surface area contributed by atoms with Crippen molar-refractivity contribution < 1.29 is 0 Å². The Morgan fingerprint density at radius 1 is 0.667 bits per heavy atom. The zero-order chi connectivity index (χ0) is 17.6. The number of nitrogens with one attached hydrogen (secondary N) is 1. The fraction of sp³-hybridized carbons (Fsp3) is 0.238. The molecule has 3 rings (SSSR count). The third-order valence-electron chi connectivity index (χ3n) is 4.80. The van der Waals surface area contributed by atoms with Crippen molar-refractivity contribution in [2.45, 2.75) is 34.6 Å². The highest BCUT2D eigenvalue weighted by atomic mass is 16.2. The van der Waals surface area contributed by atoms with Crippen molar-refractivity contribution in [1.82, 2.24) is 0 Å². The number of rotatable bonds is 3. The van der Waals surface area contributed by atoms with Crippen LogP contribution in [0.25, 0.3) is 11.1 Å². The first kappa shape index (κ1) is 16.2. The molecule has 0 saturated carbocycles. The van der Waals surface area contributed by atoms with Crippen molar-refractivity contribution in [3.05, 3.63) is 78.6 Å². The molecule has 3 nitrogen and oxygen atoms in total. The summed E-state index contributed by atoms with van der Waals surface area (Å²) >= 11 is 0. The molecule has 0 heterocycles. The molecule has 24 heavy (non-hydrogen) atoms. The fourth-order valence-corrected chi connectivity index (χ4v) is 2.96. The summed E-state index contributed by atoms with van der Waals surface area (Å²) in [4.78, 5) is 24.3. The van der Waals surface area contributed by atoms with Crippen molar-refractivity contribution >= 4 is 11.4 Å². The molecule has 1 N–H and O–H groups in total. The minimum atomic E-state index is -0.444. The highest BCUT2D eigenvalue weighted by Crippen LogP contribution is 2.31. The second-order valence-electron chi connectivity index (χ2n) is 6.58. The highest BCUT2D eigenvalue weighted by Gasteiger charge is 2.24. The Kier molecular flexibility index (Phi) is 3.88. The summed E-state index contributed by atoms with van der Waals surface area (Å²) in [5.41, 5.74) is 7.34. The van der Waals surface area contributed by atoms with Gasteiger partial charge in [0.1, 0.15) is 5.69 Å². The quantitative estimate of drug-likeness (QED) is 0.735. The van der Waals surface area contributed by atoms with Gasteiger partial charge in [-0.05, 0) is 80.1 Å². The van der Waals surface area contributed by atoms with E-state index in [1.165, 1.54) is 11.1 Å². The van der Waals surface area contributed by atoms with Crippen LogP contribution in [0.4, 0.5) is 11.4 Å². The van der Waals surface area contributed by atoms with E-state index < -0.39 is 10.9 Å². The third-order valence-corrected chi connectivity index (χ3v) is 4.80.